The molecule has 0 saturated carbocycles. The lowest BCUT2D eigenvalue weighted by atomic mass is 9.95. The number of rotatable bonds is 5. The quantitative estimate of drug-likeness (QED) is 0.155. The third-order valence-corrected chi connectivity index (χ3v) is 14.1. The second kappa shape index (κ2) is 13.3. The Morgan fingerprint density at radius 2 is 1.22 bits per heavy atom. The Bertz CT molecular complexity index is 3890. The molecule has 0 saturated heterocycles. The first-order valence-electron chi connectivity index (χ1n) is 22.8. The Labute approximate surface area is 384 Å². The average Bonchev–Trinajstić information content (AvgIpc) is 4.01. The number of nitrogens with zero attached hydrogens (tertiary/aromatic N) is 12. The molecule has 1 atom stereocenters. The fourth-order valence-electron chi connectivity index (χ4n) is 11.5. The number of aryl methyl sites for hydroxylation is 1. The first kappa shape index (κ1) is 36.4. The molecule has 6 aromatic heterocycles. The number of allylic oxidation sites excluding steroid dienone is 4. The van der Waals surface area contributed by atoms with E-state index in [-0.39, 0.29) is 5.92 Å². The summed E-state index contributed by atoms with van der Waals surface area (Å²) in [6.07, 6.45) is 14.8. The molecule has 1 aliphatic carbocycles. The summed E-state index contributed by atoms with van der Waals surface area (Å²) in [6.45, 7) is 6.76. The predicted octanol–water partition coefficient (Wildman–Crippen LogP) is 12.8. The Morgan fingerprint density at radius 1 is 0.582 bits per heavy atom. The van der Waals surface area contributed by atoms with Gasteiger partial charge in [0.05, 0.1) is 62.2 Å². The van der Waals surface area contributed by atoms with Crippen molar-refractivity contribution >= 4 is 96.3 Å². The van der Waals surface area contributed by atoms with Crippen molar-refractivity contribution in [1.29, 1.82) is 0 Å². The predicted molar refractivity (Wildman–Crippen MR) is 266 cm³/mol. The molecule has 1 unspecified atom stereocenters. The maximum atomic E-state index is 5.63. The molecule has 318 valence electrons. The van der Waals surface area contributed by atoms with Crippen molar-refractivity contribution in [3.63, 3.8) is 0 Å². The van der Waals surface area contributed by atoms with E-state index in [9.17, 15) is 0 Å². The number of para-hydroxylation sites is 5. The molecule has 4 aromatic carbocycles. The van der Waals surface area contributed by atoms with Gasteiger partial charge in [0.2, 0.25) is 17.8 Å². The van der Waals surface area contributed by atoms with E-state index in [0.717, 1.165) is 121 Å². The second-order valence-electron chi connectivity index (χ2n) is 17.5. The van der Waals surface area contributed by atoms with Crippen LogP contribution in [0.2, 0.25) is 0 Å². The molecule has 4 aliphatic heterocycles. The lowest BCUT2D eigenvalue weighted by Crippen LogP contribution is -2.30. The number of hydrogen-bond acceptors (Lipinski definition) is 10. The van der Waals surface area contributed by atoms with Gasteiger partial charge < -0.3 is 0 Å². The summed E-state index contributed by atoms with van der Waals surface area (Å²) >= 11 is 0. The molecule has 15 rings (SSSR count). The van der Waals surface area contributed by atoms with Gasteiger partial charge >= 0.3 is 0 Å². The van der Waals surface area contributed by atoms with Crippen molar-refractivity contribution in [2.45, 2.75) is 32.1 Å². The molecule has 0 amide bonds. The van der Waals surface area contributed by atoms with Crippen LogP contribution in [0.5, 0.6) is 0 Å². The van der Waals surface area contributed by atoms with E-state index in [1.54, 1.807) is 0 Å². The van der Waals surface area contributed by atoms with Crippen molar-refractivity contribution in [2.24, 2.45) is 0 Å². The third kappa shape index (κ3) is 4.70. The molecule has 5 aliphatic rings. The number of pyridine rings is 3. The van der Waals surface area contributed by atoms with E-state index in [1.165, 1.54) is 11.1 Å². The maximum absolute atomic E-state index is 5.63. The van der Waals surface area contributed by atoms with Crippen LogP contribution in [0.3, 0.4) is 0 Å². The lowest BCUT2D eigenvalue weighted by molar-refractivity contribution is 0.831. The van der Waals surface area contributed by atoms with Gasteiger partial charge in [0, 0.05) is 46.4 Å². The topological polar surface area (TPSA) is 100 Å². The van der Waals surface area contributed by atoms with Crippen LogP contribution in [0, 0.1) is 0 Å². The van der Waals surface area contributed by atoms with Crippen molar-refractivity contribution < 1.29 is 0 Å². The van der Waals surface area contributed by atoms with Crippen LogP contribution < -0.4 is 19.6 Å². The summed E-state index contributed by atoms with van der Waals surface area (Å²) in [5, 5.41) is 3.43. The third-order valence-electron chi connectivity index (χ3n) is 14.1. The molecule has 10 aromatic rings. The summed E-state index contributed by atoms with van der Waals surface area (Å²) in [4.78, 5) is 40.8. The van der Waals surface area contributed by atoms with Crippen LogP contribution in [0.25, 0.3) is 50.0 Å². The van der Waals surface area contributed by atoms with Gasteiger partial charge in [-0.15, -0.1) is 0 Å². The molecule has 12 nitrogen and oxygen atoms in total. The minimum atomic E-state index is 0.0774. The van der Waals surface area contributed by atoms with Crippen LogP contribution >= 0.6 is 0 Å². The highest BCUT2D eigenvalue weighted by Gasteiger charge is 2.44. The summed E-state index contributed by atoms with van der Waals surface area (Å²) < 4.78 is 4.60. The smallest absolute Gasteiger partial charge is 0.241 e. The first-order chi connectivity index (χ1) is 33.2. The summed E-state index contributed by atoms with van der Waals surface area (Å²) in [6, 6.07) is 42.4. The molecule has 67 heavy (non-hydrogen) atoms. The fourth-order valence-corrected chi connectivity index (χ4v) is 11.5. The number of anilines is 10. The summed E-state index contributed by atoms with van der Waals surface area (Å²) in [5.74, 6) is 3.04. The monoisotopic (exact) mass is 866 g/mol. The number of fused-ring (bicyclic) bond motifs is 12. The zero-order chi connectivity index (χ0) is 44.1. The van der Waals surface area contributed by atoms with Gasteiger partial charge in [-0.2, -0.15) is 15.0 Å². The Morgan fingerprint density at radius 3 is 2.07 bits per heavy atom. The highest BCUT2D eigenvalue weighted by molar-refractivity contribution is 6.16. The van der Waals surface area contributed by atoms with Gasteiger partial charge in [-0.1, -0.05) is 79.4 Å². The van der Waals surface area contributed by atoms with Gasteiger partial charge in [0.15, 0.2) is 11.6 Å². The normalized spacial score (nSPS) is 16.2. The molecular weight excluding hydrogens is 829 g/mol. The number of aromatic nitrogens is 8. The second-order valence-corrected chi connectivity index (χ2v) is 17.5. The minimum absolute atomic E-state index is 0.0774. The van der Waals surface area contributed by atoms with E-state index in [0.29, 0.717) is 17.8 Å². The lowest BCUT2D eigenvalue weighted by Gasteiger charge is -2.38. The largest absolute Gasteiger partial charge is 0.295 e. The van der Waals surface area contributed by atoms with E-state index < -0.39 is 0 Å². The van der Waals surface area contributed by atoms with Crippen molar-refractivity contribution in [1.82, 2.24) is 39.0 Å². The zero-order valence-corrected chi connectivity index (χ0v) is 36.3. The Kier molecular flexibility index (Phi) is 7.25. The SMILES string of the molecule is C=C1C(C/C=C\C)c2cccc3c2N1c1ncccc1N3c1nc(N2C3=CCCc4c3n(c3ncccc43)-c3ccccc32)nc(N2c3cccnc3-n3c4ccccc4c4cccc2c43)n1. The molecule has 0 spiro atoms. The zero-order valence-electron chi connectivity index (χ0n) is 36.3. The van der Waals surface area contributed by atoms with Gasteiger partial charge in [-0.05, 0) is 104 Å². The minimum Gasteiger partial charge on any atom is -0.295 e. The van der Waals surface area contributed by atoms with Crippen molar-refractivity contribution in [3.05, 3.63) is 187 Å². The van der Waals surface area contributed by atoms with E-state index in [1.807, 2.05) is 36.8 Å². The highest BCUT2D eigenvalue weighted by atomic mass is 15.4. The van der Waals surface area contributed by atoms with Gasteiger partial charge in [0.1, 0.15) is 5.65 Å². The van der Waals surface area contributed by atoms with Gasteiger partial charge in [-0.25, -0.2) is 15.0 Å². The number of hydrogen-bond donors (Lipinski definition) is 0. The average molecular weight is 867 g/mol. The first-order valence-corrected chi connectivity index (χ1v) is 22.8. The molecule has 0 N–H and O–H groups in total. The molecular formula is C55H38N12. The summed E-state index contributed by atoms with van der Waals surface area (Å²) in [5.41, 5.74) is 15.2. The molecule has 10 heterocycles. The van der Waals surface area contributed by atoms with Crippen LogP contribution in [0.1, 0.15) is 42.5 Å². The van der Waals surface area contributed by atoms with Crippen molar-refractivity contribution in [3.8, 4) is 11.5 Å². The summed E-state index contributed by atoms with van der Waals surface area (Å²) in [7, 11) is 0. The van der Waals surface area contributed by atoms with Gasteiger partial charge in [-0.3, -0.25) is 28.7 Å². The number of benzene rings is 4. The van der Waals surface area contributed by atoms with E-state index in [4.69, 9.17) is 36.5 Å². The van der Waals surface area contributed by atoms with Crippen LogP contribution in [-0.2, 0) is 6.42 Å². The van der Waals surface area contributed by atoms with Crippen LogP contribution in [0.4, 0.5) is 57.8 Å². The van der Waals surface area contributed by atoms with E-state index >= 15 is 0 Å². The molecule has 0 bridgehead atoms. The fraction of sp³-hybridized carbons (Fsp3) is 0.0909. The standard InChI is InChI=1S/C55H38N12/c1-3-4-15-33-32(2)62-47-35(33)17-9-24-42(47)64(45-27-13-30-57-51(45)62)54-59-53(63-40-22-7-8-23-41(40)67-49-37(19-11-25-43(49)63)38-20-12-29-56-50(38)67)60-55(61-54)65-44-26-10-18-36-34-16-5-6-21-39(34)66(48(36)44)52-46(65)28-14-31-58-52/h3-10,12-14,16-18,20-31,33H,2,11,15,19H2,1H3/b4-3-. The molecule has 0 radical (unpaired) electrons. The molecule has 12 heteroatoms. The van der Waals surface area contributed by atoms with E-state index in [2.05, 4.69) is 157 Å². The highest BCUT2D eigenvalue weighted by Crippen LogP contribution is 2.60. The molecule has 0 fully saturated rings. The van der Waals surface area contributed by atoms with Crippen LogP contribution in [-0.4, -0.2) is 39.0 Å². The van der Waals surface area contributed by atoms with Crippen molar-refractivity contribution in [2.75, 3.05) is 19.6 Å². The Hall–Kier alpha value is -8.90. The Balaban J connectivity index is 1.03. The van der Waals surface area contributed by atoms with Gasteiger partial charge in [0.25, 0.3) is 0 Å². The maximum Gasteiger partial charge on any atom is 0.241 e. The van der Waals surface area contributed by atoms with Crippen LogP contribution in [0.15, 0.2) is 170 Å².